The molecule has 158 valence electrons. The van der Waals surface area contributed by atoms with Gasteiger partial charge in [0.25, 0.3) is 0 Å². The highest BCUT2D eigenvalue weighted by atomic mass is 32.1. The number of benzene rings is 1. The van der Waals surface area contributed by atoms with Crippen LogP contribution in [0.4, 0.5) is 31.6 Å². The van der Waals surface area contributed by atoms with E-state index in [9.17, 15) is 14.0 Å². The molecule has 3 rings (SSSR count). The van der Waals surface area contributed by atoms with Crippen LogP contribution in [0.2, 0.25) is 0 Å². The van der Waals surface area contributed by atoms with E-state index in [1.807, 2.05) is 0 Å². The van der Waals surface area contributed by atoms with Crippen LogP contribution < -0.4 is 15.5 Å². The first-order valence-corrected chi connectivity index (χ1v) is 9.78. The molecule has 3 aromatic rings. The molecule has 0 spiro atoms. The molecule has 0 saturated heterocycles. The fourth-order valence-corrected chi connectivity index (χ4v) is 3.29. The van der Waals surface area contributed by atoms with Crippen LogP contribution in [-0.2, 0) is 9.53 Å². The fourth-order valence-electron chi connectivity index (χ4n) is 2.44. The predicted octanol–water partition coefficient (Wildman–Crippen LogP) is 4.30. The van der Waals surface area contributed by atoms with Crippen molar-refractivity contribution in [1.82, 2.24) is 15.0 Å². The lowest BCUT2D eigenvalue weighted by atomic mass is 10.2. The normalized spacial score (nSPS) is 11.3. The minimum absolute atomic E-state index is 0.0274. The quantitative estimate of drug-likeness (QED) is 0.633. The highest BCUT2D eigenvalue weighted by molar-refractivity contribution is 7.21. The van der Waals surface area contributed by atoms with Gasteiger partial charge in [0.2, 0.25) is 11.9 Å². The Bertz CT molecular complexity index is 1110. The van der Waals surface area contributed by atoms with Gasteiger partial charge in [0.1, 0.15) is 16.9 Å². The van der Waals surface area contributed by atoms with Gasteiger partial charge in [-0.3, -0.25) is 10.1 Å². The van der Waals surface area contributed by atoms with Crippen molar-refractivity contribution in [2.45, 2.75) is 33.3 Å². The Morgan fingerprint density at radius 1 is 1.20 bits per heavy atom. The highest BCUT2D eigenvalue weighted by Crippen LogP contribution is 2.29. The number of carbonyl (C=O) groups excluding carboxylic acids is 2. The number of hydrogen-bond donors (Lipinski definition) is 2. The van der Waals surface area contributed by atoms with E-state index in [0.717, 1.165) is 0 Å². The molecule has 2 N–H and O–H groups in total. The zero-order chi connectivity index (χ0) is 22.1. The van der Waals surface area contributed by atoms with E-state index in [-0.39, 0.29) is 11.6 Å². The number of nitrogens with zero attached hydrogens (tertiary/aromatic N) is 4. The van der Waals surface area contributed by atoms with Crippen LogP contribution in [0.25, 0.3) is 10.3 Å². The summed E-state index contributed by atoms with van der Waals surface area (Å²) in [6.45, 7) is 6.56. The number of amides is 2. The predicted molar refractivity (Wildman–Crippen MR) is 114 cm³/mol. The molecule has 0 saturated carbocycles. The van der Waals surface area contributed by atoms with Crippen LogP contribution in [0.5, 0.6) is 0 Å². The molecule has 11 heteroatoms. The summed E-state index contributed by atoms with van der Waals surface area (Å²) in [5, 5.41) is 5.46. The lowest BCUT2D eigenvalue weighted by Gasteiger charge is -2.21. The van der Waals surface area contributed by atoms with Crippen molar-refractivity contribution in [3.63, 3.8) is 0 Å². The number of aromatic nitrogens is 3. The molecule has 2 heterocycles. The second kappa shape index (κ2) is 8.19. The largest absolute Gasteiger partial charge is 0.444 e. The lowest BCUT2D eigenvalue weighted by Crippen LogP contribution is -2.27. The highest BCUT2D eigenvalue weighted by Gasteiger charge is 2.19. The minimum atomic E-state index is -0.756. The zero-order valence-electron chi connectivity index (χ0n) is 17.1. The van der Waals surface area contributed by atoms with Gasteiger partial charge in [-0.2, -0.15) is 4.98 Å². The monoisotopic (exact) mass is 432 g/mol. The summed E-state index contributed by atoms with van der Waals surface area (Å²) in [7, 11) is 1.71. The first-order chi connectivity index (χ1) is 14.0. The summed E-state index contributed by atoms with van der Waals surface area (Å²) in [5.74, 6) is -0.483. The van der Waals surface area contributed by atoms with Crippen LogP contribution in [0, 0.1) is 5.82 Å². The molecule has 30 heavy (non-hydrogen) atoms. The van der Waals surface area contributed by atoms with Crippen LogP contribution in [0.3, 0.4) is 0 Å². The van der Waals surface area contributed by atoms with Gasteiger partial charge >= 0.3 is 6.09 Å². The Kier molecular flexibility index (Phi) is 5.83. The van der Waals surface area contributed by atoms with Crippen molar-refractivity contribution < 1.29 is 18.7 Å². The van der Waals surface area contributed by atoms with Crippen LogP contribution in [0.1, 0.15) is 27.7 Å². The first-order valence-electron chi connectivity index (χ1n) is 8.96. The van der Waals surface area contributed by atoms with Gasteiger partial charge in [0.05, 0.1) is 11.9 Å². The third kappa shape index (κ3) is 5.17. The topological polar surface area (TPSA) is 109 Å². The van der Waals surface area contributed by atoms with Crippen LogP contribution in [-0.4, -0.2) is 39.6 Å². The summed E-state index contributed by atoms with van der Waals surface area (Å²) in [4.78, 5) is 38.4. The Morgan fingerprint density at radius 3 is 2.60 bits per heavy atom. The standard InChI is InChI=1S/C19H21FN6O3S/c1-10(27)22-17-23-14-9-21-16(25-15(14)30-17)26(5)11-6-7-12(20)13(8-11)24-18(28)29-19(2,3)4/h6-9H,1-5H3,(H,24,28)(H,22,23,27). The molecule has 9 nitrogen and oxygen atoms in total. The average Bonchev–Trinajstić information content (AvgIpc) is 3.01. The molecule has 0 aliphatic heterocycles. The van der Waals surface area contributed by atoms with Gasteiger partial charge in [-0.1, -0.05) is 11.3 Å². The van der Waals surface area contributed by atoms with Gasteiger partial charge in [0.15, 0.2) is 9.96 Å². The molecule has 0 unspecified atom stereocenters. The number of carbonyl (C=O) groups is 2. The molecule has 0 bridgehead atoms. The van der Waals surface area contributed by atoms with Crippen LogP contribution in [0.15, 0.2) is 24.4 Å². The number of ether oxygens (including phenoxy) is 1. The van der Waals surface area contributed by atoms with E-state index < -0.39 is 17.5 Å². The second-order valence-electron chi connectivity index (χ2n) is 7.41. The molecule has 0 aliphatic rings. The maximum Gasteiger partial charge on any atom is 0.412 e. The molecule has 2 aromatic heterocycles. The molecule has 1 aromatic carbocycles. The summed E-state index contributed by atoms with van der Waals surface area (Å²) in [6.07, 6.45) is 0.786. The summed E-state index contributed by atoms with van der Waals surface area (Å²) < 4.78 is 19.4. The van der Waals surface area contributed by atoms with E-state index in [1.54, 1.807) is 45.0 Å². The summed E-state index contributed by atoms with van der Waals surface area (Å²) >= 11 is 1.22. The van der Waals surface area contributed by atoms with E-state index >= 15 is 0 Å². The molecule has 0 atom stereocenters. The number of anilines is 4. The number of thiazole rings is 1. The SMILES string of the molecule is CC(=O)Nc1nc2cnc(N(C)c3ccc(F)c(NC(=O)OC(C)(C)C)c3)nc2s1. The maximum atomic E-state index is 14.2. The van der Waals surface area contributed by atoms with Gasteiger partial charge < -0.3 is 15.0 Å². The van der Waals surface area contributed by atoms with Crippen molar-refractivity contribution in [2.75, 3.05) is 22.6 Å². The summed E-state index contributed by atoms with van der Waals surface area (Å²) in [6, 6.07) is 4.24. The molecule has 0 fully saturated rings. The van der Waals surface area contributed by atoms with E-state index in [0.29, 0.717) is 27.1 Å². The number of halogens is 1. The average molecular weight is 432 g/mol. The third-order valence-corrected chi connectivity index (χ3v) is 4.57. The lowest BCUT2D eigenvalue weighted by molar-refractivity contribution is -0.114. The molecule has 2 amide bonds. The van der Waals surface area contributed by atoms with Gasteiger partial charge in [0, 0.05) is 19.7 Å². The Labute approximate surface area is 176 Å². The van der Waals surface area contributed by atoms with Gasteiger partial charge in [-0.15, -0.1) is 0 Å². The van der Waals surface area contributed by atoms with Crippen molar-refractivity contribution in [3.8, 4) is 0 Å². The van der Waals surface area contributed by atoms with E-state index in [2.05, 4.69) is 25.6 Å². The van der Waals surface area contributed by atoms with Gasteiger partial charge in [-0.25, -0.2) is 19.2 Å². The van der Waals surface area contributed by atoms with Crippen molar-refractivity contribution in [2.24, 2.45) is 0 Å². The Balaban J connectivity index is 1.84. The van der Waals surface area contributed by atoms with E-state index in [1.165, 1.54) is 30.4 Å². The zero-order valence-corrected chi connectivity index (χ0v) is 17.9. The van der Waals surface area contributed by atoms with E-state index in [4.69, 9.17) is 4.74 Å². The molecule has 0 radical (unpaired) electrons. The molecular weight excluding hydrogens is 411 g/mol. The van der Waals surface area contributed by atoms with Crippen molar-refractivity contribution in [3.05, 3.63) is 30.2 Å². The maximum absolute atomic E-state index is 14.2. The Hall–Kier alpha value is -3.34. The third-order valence-electron chi connectivity index (χ3n) is 3.69. The van der Waals surface area contributed by atoms with Crippen molar-refractivity contribution >= 4 is 56.1 Å². The molecule has 0 aliphatic carbocycles. The number of rotatable bonds is 4. The Morgan fingerprint density at radius 2 is 1.93 bits per heavy atom. The van der Waals surface area contributed by atoms with Crippen molar-refractivity contribution in [1.29, 1.82) is 0 Å². The smallest absolute Gasteiger partial charge is 0.412 e. The second-order valence-corrected chi connectivity index (χ2v) is 8.39. The van der Waals surface area contributed by atoms with Crippen LogP contribution >= 0.6 is 11.3 Å². The number of nitrogens with one attached hydrogen (secondary N) is 2. The number of hydrogen-bond acceptors (Lipinski definition) is 8. The van der Waals surface area contributed by atoms with Gasteiger partial charge in [-0.05, 0) is 39.0 Å². The summed E-state index contributed by atoms with van der Waals surface area (Å²) in [5.41, 5.74) is 0.365. The fraction of sp³-hybridized carbons (Fsp3) is 0.316. The number of fused-ring (bicyclic) bond motifs is 1. The molecular formula is C19H21FN6O3S. The first kappa shape index (κ1) is 21.4. The minimum Gasteiger partial charge on any atom is -0.444 e.